The van der Waals surface area contributed by atoms with E-state index in [2.05, 4.69) is 55.6 Å². The van der Waals surface area contributed by atoms with E-state index < -0.39 is 11.9 Å². The Balaban J connectivity index is 0.660. The summed E-state index contributed by atoms with van der Waals surface area (Å²) in [4.78, 5) is 48.1. The van der Waals surface area contributed by atoms with Gasteiger partial charge in [0.1, 0.15) is 18.4 Å². The monoisotopic (exact) mass is 835 g/mol. The first-order valence-electron chi connectivity index (χ1n) is 22.0. The maximum absolute atomic E-state index is 13.1. The predicted octanol–water partition coefficient (Wildman–Crippen LogP) is 6.88. The van der Waals surface area contributed by atoms with Crippen LogP contribution < -0.4 is 26.0 Å². The largest absolute Gasteiger partial charge is 0.489 e. The number of benzene rings is 2. The Morgan fingerprint density at radius 3 is 2.38 bits per heavy atom. The number of anilines is 1. The van der Waals surface area contributed by atoms with Crippen LogP contribution in [-0.2, 0) is 42.8 Å². The Kier molecular flexibility index (Phi) is 13.7. The van der Waals surface area contributed by atoms with Gasteiger partial charge in [0.15, 0.2) is 0 Å². The van der Waals surface area contributed by atoms with Crippen LogP contribution in [0.5, 0.6) is 5.75 Å². The summed E-state index contributed by atoms with van der Waals surface area (Å²) in [5.41, 5.74) is 6.60. The molecule has 2 saturated carbocycles. The van der Waals surface area contributed by atoms with E-state index in [4.69, 9.17) is 21.3 Å². The highest BCUT2D eigenvalue weighted by Crippen LogP contribution is 2.37. The predicted molar refractivity (Wildman–Crippen MR) is 231 cm³/mol. The van der Waals surface area contributed by atoms with Crippen molar-refractivity contribution in [1.29, 1.82) is 0 Å². The van der Waals surface area contributed by atoms with Crippen molar-refractivity contribution in [2.75, 3.05) is 18.4 Å². The van der Waals surface area contributed by atoms with Crippen molar-refractivity contribution in [2.24, 2.45) is 13.0 Å². The zero-order valence-electron chi connectivity index (χ0n) is 34.7. The highest BCUT2D eigenvalue weighted by Gasteiger charge is 2.40. The minimum Gasteiger partial charge on any atom is -0.489 e. The average molecular weight is 836 g/mol. The number of hydrogen-bond acceptors (Lipinski definition) is 10. The number of nitrogens with one attached hydrogen (secondary N) is 4. The van der Waals surface area contributed by atoms with Gasteiger partial charge < -0.3 is 25.6 Å². The summed E-state index contributed by atoms with van der Waals surface area (Å²) >= 11 is 6.59. The molecule has 318 valence electrons. The Hall–Kier alpha value is -4.85. The maximum atomic E-state index is 13.1. The lowest BCUT2D eigenvalue weighted by atomic mass is 9.91. The number of piperidine rings is 1. The van der Waals surface area contributed by atoms with E-state index in [1.807, 2.05) is 30.1 Å². The molecule has 1 saturated heterocycles. The van der Waals surface area contributed by atoms with Gasteiger partial charge >= 0.3 is 0 Å². The van der Waals surface area contributed by atoms with Crippen LogP contribution in [0.15, 0.2) is 54.9 Å². The summed E-state index contributed by atoms with van der Waals surface area (Å²) < 4.78 is 8.14. The maximum Gasteiger partial charge on any atom is 0.255 e. The van der Waals surface area contributed by atoms with Crippen LogP contribution >= 0.6 is 11.6 Å². The summed E-state index contributed by atoms with van der Waals surface area (Å²) in [5, 5.41) is 18.4. The number of unbranched alkanes of at least 4 members (excludes halogenated alkanes) is 4. The molecule has 4 aromatic rings. The number of ether oxygens (including phenoxy) is 1. The molecule has 3 fully saturated rings. The van der Waals surface area contributed by atoms with Gasteiger partial charge in [0.2, 0.25) is 17.8 Å². The van der Waals surface area contributed by atoms with E-state index in [9.17, 15) is 14.4 Å². The standard InChI is InChI=1S/C46H58ClN9O4/c1-55-40(24-30-10-11-30)36(26-51-55)43-38(47)27-50-46(54-43)52-34-18-16-33(17-19-34)49-23-6-4-2-3-5-22-48-25-31-12-14-32(15-13-31)29-60-41-9-7-8-35-37(41)28-56(45(35)59)39-20-21-42(57)53-44(39)58/h7-9,12-15,26-27,30,33-34,39,48-49H,2-6,10-11,16-25,28-29H2,1H3,(H,50,52,54)(H,53,57,58). The van der Waals surface area contributed by atoms with Crippen molar-refractivity contribution in [2.45, 2.75) is 128 Å². The Bertz CT molecular complexity index is 2130. The number of nitrogens with zero attached hydrogens (tertiary/aromatic N) is 5. The minimum absolute atomic E-state index is 0.200. The van der Waals surface area contributed by atoms with Crippen LogP contribution in [0.4, 0.5) is 5.95 Å². The van der Waals surface area contributed by atoms with E-state index in [1.54, 1.807) is 17.2 Å². The molecule has 13 nitrogen and oxygen atoms in total. The van der Waals surface area contributed by atoms with Crippen LogP contribution in [0.3, 0.4) is 0 Å². The molecule has 0 radical (unpaired) electrons. The molecule has 4 aliphatic rings. The third kappa shape index (κ3) is 10.5. The fourth-order valence-electron chi connectivity index (χ4n) is 8.80. The molecule has 60 heavy (non-hydrogen) atoms. The lowest BCUT2D eigenvalue weighted by molar-refractivity contribution is -0.136. The smallest absolute Gasteiger partial charge is 0.255 e. The molecule has 3 amide bonds. The van der Waals surface area contributed by atoms with E-state index in [0.29, 0.717) is 53.9 Å². The van der Waals surface area contributed by atoms with E-state index in [0.717, 1.165) is 80.0 Å². The normalized spacial score (nSPS) is 20.3. The first kappa shape index (κ1) is 41.9. The van der Waals surface area contributed by atoms with Gasteiger partial charge in [-0.05, 0) is 106 Å². The second kappa shape index (κ2) is 19.7. The van der Waals surface area contributed by atoms with Gasteiger partial charge in [-0.15, -0.1) is 0 Å². The Labute approximate surface area is 357 Å². The number of carbonyl (C=O) groups is 3. The molecule has 4 heterocycles. The molecule has 2 aromatic carbocycles. The number of rotatable bonds is 20. The van der Waals surface area contributed by atoms with Gasteiger partial charge in [-0.3, -0.25) is 24.4 Å². The summed E-state index contributed by atoms with van der Waals surface area (Å²) in [7, 11) is 2.00. The summed E-state index contributed by atoms with van der Waals surface area (Å²) in [6.45, 7) is 3.58. The molecule has 2 aromatic heterocycles. The van der Waals surface area contributed by atoms with E-state index >= 15 is 0 Å². The SMILES string of the molecule is Cn1ncc(-c2nc(NC3CCC(NCCCCCCCNCc4ccc(COc5cccc6c5CN(C5CCC(=O)NC5=O)C6=O)cc4)CC3)ncc2Cl)c1CC1CC1. The third-order valence-corrected chi connectivity index (χ3v) is 12.8. The van der Waals surface area contributed by atoms with Crippen molar-refractivity contribution < 1.29 is 19.1 Å². The molecule has 14 heteroatoms. The van der Waals surface area contributed by atoms with Gasteiger partial charge in [-0.2, -0.15) is 5.10 Å². The van der Waals surface area contributed by atoms with Crippen molar-refractivity contribution in [3.63, 3.8) is 0 Å². The van der Waals surface area contributed by atoms with Crippen LogP contribution in [-0.4, -0.2) is 73.6 Å². The lowest BCUT2D eigenvalue weighted by Crippen LogP contribution is -2.52. The molecule has 2 aliphatic heterocycles. The molecule has 1 atom stereocenters. The first-order chi connectivity index (χ1) is 29.3. The molecule has 8 rings (SSSR count). The molecule has 0 spiro atoms. The van der Waals surface area contributed by atoms with Crippen LogP contribution in [0.1, 0.15) is 116 Å². The highest BCUT2D eigenvalue weighted by atomic mass is 35.5. The van der Waals surface area contributed by atoms with Crippen LogP contribution in [0, 0.1) is 5.92 Å². The fraction of sp³-hybridized carbons (Fsp3) is 0.522. The lowest BCUT2D eigenvalue weighted by Gasteiger charge is -2.30. The van der Waals surface area contributed by atoms with Crippen molar-refractivity contribution in [3.05, 3.63) is 87.8 Å². The number of carbonyl (C=O) groups excluding carboxylic acids is 3. The molecule has 0 bridgehead atoms. The van der Waals surface area contributed by atoms with Crippen molar-refractivity contribution >= 4 is 35.3 Å². The number of amides is 3. The van der Waals surface area contributed by atoms with Gasteiger partial charge in [-0.25, -0.2) is 9.97 Å². The average Bonchev–Trinajstić information content (AvgIpc) is 3.92. The van der Waals surface area contributed by atoms with Crippen molar-refractivity contribution in [3.8, 4) is 17.0 Å². The number of imide groups is 1. The minimum atomic E-state index is -0.645. The summed E-state index contributed by atoms with van der Waals surface area (Å²) in [6, 6.07) is 14.2. The first-order valence-corrected chi connectivity index (χ1v) is 22.4. The number of hydrogen-bond donors (Lipinski definition) is 4. The highest BCUT2D eigenvalue weighted by molar-refractivity contribution is 6.33. The van der Waals surface area contributed by atoms with E-state index in [1.165, 1.54) is 56.2 Å². The molecular formula is C46H58ClN9O4. The Morgan fingerprint density at radius 1 is 0.850 bits per heavy atom. The third-order valence-electron chi connectivity index (χ3n) is 12.5. The summed E-state index contributed by atoms with van der Waals surface area (Å²) in [5.74, 6) is 1.13. The second-order valence-electron chi connectivity index (χ2n) is 17.0. The molecule has 4 N–H and O–H groups in total. The Morgan fingerprint density at radius 2 is 1.60 bits per heavy atom. The number of aryl methyl sites for hydroxylation is 1. The zero-order chi connectivity index (χ0) is 41.4. The summed E-state index contributed by atoms with van der Waals surface area (Å²) in [6.07, 6.45) is 18.4. The van der Waals surface area contributed by atoms with Gasteiger partial charge in [-0.1, -0.05) is 61.2 Å². The molecule has 2 aliphatic carbocycles. The van der Waals surface area contributed by atoms with Crippen molar-refractivity contribution in [1.82, 2.24) is 40.6 Å². The number of aromatic nitrogens is 4. The number of fused-ring (bicyclic) bond motifs is 1. The topological polar surface area (TPSA) is 155 Å². The quantitative estimate of drug-likeness (QED) is 0.0548. The zero-order valence-corrected chi connectivity index (χ0v) is 35.4. The molecular weight excluding hydrogens is 778 g/mol. The number of halogens is 1. The molecule has 1 unspecified atom stereocenters. The van der Waals surface area contributed by atoms with Gasteiger partial charge in [0, 0.05) is 54.5 Å². The van der Waals surface area contributed by atoms with Gasteiger partial charge in [0.05, 0.1) is 29.7 Å². The fourth-order valence-corrected chi connectivity index (χ4v) is 8.99. The van der Waals surface area contributed by atoms with Crippen LogP contribution in [0.25, 0.3) is 11.3 Å². The van der Waals surface area contributed by atoms with E-state index in [-0.39, 0.29) is 18.2 Å². The second-order valence-corrected chi connectivity index (χ2v) is 17.5. The van der Waals surface area contributed by atoms with Gasteiger partial charge in [0.25, 0.3) is 5.91 Å². The van der Waals surface area contributed by atoms with Crippen LogP contribution in [0.2, 0.25) is 5.02 Å².